The highest BCUT2D eigenvalue weighted by molar-refractivity contribution is 6.02. The van der Waals surface area contributed by atoms with E-state index in [-0.39, 0.29) is 52.9 Å². The summed E-state index contributed by atoms with van der Waals surface area (Å²) in [4.78, 5) is 52.9. The van der Waals surface area contributed by atoms with Gasteiger partial charge in [-0.15, -0.1) is 0 Å². The van der Waals surface area contributed by atoms with Crippen LogP contribution in [0.25, 0.3) is 0 Å². The van der Waals surface area contributed by atoms with Crippen molar-refractivity contribution in [2.45, 2.75) is 86.0 Å². The number of hydrogen-bond donors (Lipinski definition) is 1. The number of anilines is 2. The van der Waals surface area contributed by atoms with Gasteiger partial charge in [-0.25, -0.2) is 14.4 Å². The number of allylic oxidation sites excluding steroid dienone is 2. The lowest BCUT2D eigenvalue weighted by atomic mass is 9.54. The van der Waals surface area contributed by atoms with E-state index in [1.165, 1.54) is 25.4 Å². The van der Waals surface area contributed by atoms with Crippen molar-refractivity contribution in [3.05, 3.63) is 106 Å². The Labute approximate surface area is 341 Å². The highest BCUT2D eigenvalue weighted by Crippen LogP contribution is 2.75. The van der Waals surface area contributed by atoms with Gasteiger partial charge >= 0.3 is 17.9 Å². The van der Waals surface area contributed by atoms with Crippen LogP contribution in [0.1, 0.15) is 72.1 Å². The first-order valence-corrected chi connectivity index (χ1v) is 21.2. The molecule has 6 fully saturated rings. The number of hydrogen-bond acceptors (Lipinski definition) is 12. The second kappa shape index (κ2) is 10.9. The number of carbonyl (C=O) groups is 3. The van der Waals surface area contributed by atoms with Gasteiger partial charge in [-0.1, -0.05) is 59.7 Å². The molecule has 6 saturated heterocycles. The Hall–Kier alpha value is -5.33. The van der Waals surface area contributed by atoms with Gasteiger partial charge < -0.3 is 33.9 Å². The summed E-state index contributed by atoms with van der Waals surface area (Å²) in [6, 6.07) is 16.9. The number of nitrogens with zero attached hydrogens (tertiary/aromatic N) is 4. The van der Waals surface area contributed by atoms with Crippen LogP contribution in [0, 0.1) is 11.8 Å². The van der Waals surface area contributed by atoms with Gasteiger partial charge in [0, 0.05) is 55.0 Å². The second-order valence-electron chi connectivity index (χ2n) is 18.3. The van der Waals surface area contributed by atoms with Crippen LogP contribution >= 0.6 is 0 Å². The molecule has 0 unspecified atom stereocenters. The summed E-state index contributed by atoms with van der Waals surface area (Å²) >= 11 is 0. The minimum Gasteiger partial charge on any atom is -0.504 e. The van der Waals surface area contributed by atoms with Crippen molar-refractivity contribution in [3.63, 3.8) is 0 Å². The van der Waals surface area contributed by atoms with Crippen molar-refractivity contribution in [2.24, 2.45) is 11.8 Å². The van der Waals surface area contributed by atoms with Crippen LogP contribution in [-0.2, 0) is 34.6 Å². The zero-order valence-corrected chi connectivity index (χ0v) is 33.6. The van der Waals surface area contributed by atoms with E-state index in [0.29, 0.717) is 44.3 Å². The maximum atomic E-state index is 15.2. The van der Waals surface area contributed by atoms with E-state index in [0.717, 1.165) is 41.2 Å². The molecule has 4 bridgehead atoms. The maximum absolute atomic E-state index is 15.2. The largest absolute Gasteiger partial charge is 0.504 e. The third-order valence-corrected chi connectivity index (χ3v) is 17.0. The van der Waals surface area contributed by atoms with Crippen molar-refractivity contribution in [2.75, 3.05) is 50.2 Å². The second-order valence-corrected chi connectivity index (χ2v) is 18.3. The summed E-state index contributed by atoms with van der Waals surface area (Å²) < 4.78 is 25.8. The van der Waals surface area contributed by atoms with Crippen molar-refractivity contribution >= 4 is 29.3 Å². The average molecular weight is 795 g/mol. The molecule has 3 aromatic carbocycles. The standard InChI is InChI=1S/C47H46N4O8/c1-5-24-22-48-18-16-45-29-12-8-10-14-33(29)50-37(42(54)56-3)26(24)19-34(48)46(45,50)58-40-31(45)21-30-36(39(40)52)41(53)59-47-35-20-27-25(6-2)23-49(35)17-15-44(30,47)28-11-7-9-13-32(28)51(47)38(27)43(55)57-4/h5-14,21,26-27,34-35,37-38,52H,15-20,22-23H2,1-4H3/b24-5-,25-6-/t26-,27+,34+,35+,37+,38+,44-,45-,46+,47+/m1/s1. The predicted molar refractivity (Wildman–Crippen MR) is 214 cm³/mol. The first-order chi connectivity index (χ1) is 28.7. The van der Waals surface area contributed by atoms with Crippen molar-refractivity contribution in [1.29, 1.82) is 0 Å². The normalized spacial score (nSPS) is 39.6. The van der Waals surface area contributed by atoms with E-state index in [1.807, 2.05) is 31.2 Å². The fourth-order valence-electron chi connectivity index (χ4n) is 15.1. The van der Waals surface area contributed by atoms with Gasteiger partial charge in [-0.05, 0) is 74.4 Å². The van der Waals surface area contributed by atoms with Crippen LogP contribution in [0.3, 0.4) is 0 Å². The number of ether oxygens (including phenoxy) is 4. The Morgan fingerprint density at radius 3 is 1.73 bits per heavy atom. The molecule has 0 aliphatic carbocycles. The highest BCUT2D eigenvalue weighted by Gasteiger charge is 2.82. The van der Waals surface area contributed by atoms with Crippen molar-refractivity contribution < 1.29 is 38.4 Å². The van der Waals surface area contributed by atoms with Gasteiger partial charge in [0.15, 0.2) is 11.5 Å². The first kappa shape index (κ1) is 34.5. The third kappa shape index (κ3) is 3.36. The summed E-state index contributed by atoms with van der Waals surface area (Å²) in [6.45, 7) is 6.98. The smallest absolute Gasteiger partial charge is 0.344 e. The minimum absolute atomic E-state index is 0.0910. The van der Waals surface area contributed by atoms with Gasteiger partial charge in [-0.2, -0.15) is 0 Å². The molecule has 12 nitrogen and oxygen atoms in total. The molecule has 2 spiro atoms. The summed E-state index contributed by atoms with van der Waals surface area (Å²) in [5.41, 5.74) is 3.68. The molecule has 10 heterocycles. The molecule has 13 rings (SSSR count). The van der Waals surface area contributed by atoms with Gasteiger partial charge in [0.05, 0.1) is 37.1 Å². The van der Waals surface area contributed by atoms with Crippen LogP contribution in [0.4, 0.5) is 11.4 Å². The number of methoxy groups -OCH3 is 2. The van der Waals surface area contributed by atoms with Gasteiger partial charge in [0.2, 0.25) is 11.4 Å². The number of rotatable bonds is 2. The quantitative estimate of drug-likeness (QED) is 0.219. The third-order valence-electron chi connectivity index (χ3n) is 17.0. The molecule has 0 saturated carbocycles. The summed E-state index contributed by atoms with van der Waals surface area (Å²) in [6.07, 6.45) is 6.83. The van der Waals surface area contributed by atoms with Crippen LogP contribution in [0.5, 0.6) is 11.5 Å². The maximum Gasteiger partial charge on any atom is 0.344 e. The van der Waals surface area contributed by atoms with E-state index >= 15 is 4.79 Å². The first-order valence-electron chi connectivity index (χ1n) is 21.2. The Kier molecular flexibility index (Phi) is 6.37. The molecule has 10 aliphatic heterocycles. The minimum atomic E-state index is -1.30. The summed E-state index contributed by atoms with van der Waals surface area (Å²) in [5.74, 6) is -1.49. The number of carbonyl (C=O) groups excluding carboxylic acids is 3. The number of aromatic hydroxyl groups is 1. The SMILES string of the molecule is C/C=C1/CN2CC[C@]34c5ccccc5N5[C@H](C(=O)OC)[C@@H]1C[C@H]2[C@@]53Oc1c4cc2c(c1O)C(=O)O[C@@]13[C@@H]4C[C@H]5/C(=C\C)CN4CC[C@@]21c1ccccc1N3[C@@H]5C(=O)OC. The Bertz CT molecular complexity index is 2570. The molecule has 1 N–H and O–H groups in total. The number of esters is 3. The zero-order chi connectivity index (χ0) is 40.1. The zero-order valence-electron chi connectivity index (χ0n) is 33.6. The van der Waals surface area contributed by atoms with E-state index in [9.17, 15) is 14.7 Å². The van der Waals surface area contributed by atoms with E-state index in [4.69, 9.17) is 18.9 Å². The molecular weight excluding hydrogens is 749 g/mol. The van der Waals surface area contributed by atoms with E-state index in [2.05, 4.69) is 69.0 Å². The molecule has 59 heavy (non-hydrogen) atoms. The number of benzene rings is 3. The molecule has 0 aromatic heterocycles. The Balaban J connectivity index is 1.11. The number of phenolic OH excluding ortho intramolecular Hbond substituents is 1. The highest BCUT2D eigenvalue weighted by atomic mass is 16.6. The molecule has 3 aromatic rings. The van der Waals surface area contributed by atoms with Gasteiger partial charge in [0.25, 0.3) is 0 Å². The van der Waals surface area contributed by atoms with E-state index in [1.54, 1.807) is 0 Å². The monoisotopic (exact) mass is 794 g/mol. The fourth-order valence-corrected chi connectivity index (χ4v) is 15.1. The predicted octanol–water partition coefficient (Wildman–Crippen LogP) is 4.75. The van der Waals surface area contributed by atoms with Gasteiger partial charge in [0.1, 0.15) is 17.6 Å². The molecule has 10 aliphatic rings. The van der Waals surface area contributed by atoms with E-state index < -0.39 is 40.3 Å². The average Bonchev–Trinajstić information content (AvgIpc) is 3.81. The Morgan fingerprint density at radius 2 is 1.22 bits per heavy atom. The lowest BCUT2D eigenvalue weighted by Gasteiger charge is -2.67. The van der Waals surface area contributed by atoms with Crippen molar-refractivity contribution in [3.8, 4) is 11.5 Å². The molecule has 12 heteroatoms. The Morgan fingerprint density at radius 1 is 0.729 bits per heavy atom. The van der Waals surface area contributed by atoms with Gasteiger partial charge in [-0.3, -0.25) is 9.80 Å². The lowest BCUT2D eigenvalue weighted by molar-refractivity contribution is -0.174. The number of para-hydroxylation sites is 2. The van der Waals surface area contributed by atoms with Crippen LogP contribution in [-0.4, -0.2) is 109 Å². The number of piperidine rings is 6. The fraction of sp³-hybridized carbons (Fsp3) is 0.468. The molecule has 10 atom stereocenters. The lowest BCUT2D eigenvalue weighted by Crippen LogP contribution is -2.82. The molecule has 302 valence electrons. The topological polar surface area (TPSA) is 121 Å². The number of fused-ring (bicyclic) bond motifs is 8. The molecule has 0 amide bonds. The van der Waals surface area contributed by atoms with Crippen molar-refractivity contribution in [1.82, 2.24) is 9.80 Å². The molecular formula is C47H46N4O8. The molecule has 0 radical (unpaired) electrons. The van der Waals surface area contributed by atoms with Crippen LogP contribution in [0.2, 0.25) is 0 Å². The van der Waals surface area contributed by atoms with Crippen LogP contribution < -0.4 is 14.5 Å². The van der Waals surface area contributed by atoms with Crippen LogP contribution in [0.15, 0.2) is 77.9 Å². The number of phenols is 1. The summed E-state index contributed by atoms with van der Waals surface area (Å²) in [7, 11) is 2.89. The summed E-state index contributed by atoms with van der Waals surface area (Å²) in [5, 5.41) is 12.9.